The number of hydrogen-bond acceptors (Lipinski definition) is 6. The Morgan fingerprint density at radius 2 is 1.32 bits per heavy atom. The molecule has 0 unspecified atom stereocenters. The smallest absolute Gasteiger partial charge is 0.243 e. The Hall–Kier alpha value is -2.63. The van der Waals surface area contributed by atoms with Crippen LogP contribution in [0.15, 0.2) is 82.6 Å². The molecule has 2 aliphatic heterocycles. The summed E-state index contributed by atoms with van der Waals surface area (Å²) in [4.78, 5) is 2.40. The van der Waals surface area contributed by atoms with Crippen LogP contribution < -0.4 is 9.64 Å². The molecule has 2 aliphatic rings. The van der Waals surface area contributed by atoms with E-state index in [1.807, 2.05) is 23.1 Å². The number of anilines is 1. The normalized spacial score (nSPS) is 18.1. The largest absolute Gasteiger partial charge is 0.495 e. The van der Waals surface area contributed by atoms with Crippen molar-refractivity contribution in [2.75, 3.05) is 51.3 Å². The van der Waals surface area contributed by atoms with E-state index in [-0.39, 0.29) is 22.9 Å². The molecule has 8 nitrogen and oxygen atoms in total. The lowest BCUT2D eigenvalue weighted by Crippen LogP contribution is -2.48. The number of halogens is 1. The van der Waals surface area contributed by atoms with Crippen LogP contribution in [0.4, 0.5) is 5.69 Å². The standard InChI is InChI=1S/C29H34ClN3O5S2/c1-38-29-12-11-27(40(36,37)32-15-13-24(14-16-32)21-23-5-3-2-4-6-23)22-28(29)31-17-19-33(20-18-31)39(34,35)26-9-7-25(30)8-10-26/h2-12,22,24H,13-21H2,1H3. The quantitative estimate of drug-likeness (QED) is 0.377. The topological polar surface area (TPSA) is 87.2 Å². The molecule has 40 heavy (non-hydrogen) atoms. The van der Waals surface area contributed by atoms with E-state index in [0.29, 0.717) is 48.6 Å². The molecule has 0 aliphatic carbocycles. The number of sulfonamides is 2. The van der Waals surface area contributed by atoms with Crippen LogP contribution in [0.5, 0.6) is 5.75 Å². The first-order chi connectivity index (χ1) is 19.2. The Bertz CT molecular complexity index is 1520. The maximum absolute atomic E-state index is 13.6. The molecule has 214 valence electrons. The molecule has 2 saturated heterocycles. The highest BCUT2D eigenvalue weighted by atomic mass is 35.5. The third-order valence-electron chi connectivity index (χ3n) is 7.76. The van der Waals surface area contributed by atoms with E-state index in [0.717, 1.165) is 19.3 Å². The van der Waals surface area contributed by atoms with E-state index >= 15 is 0 Å². The minimum absolute atomic E-state index is 0.198. The van der Waals surface area contributed by atoms with Gasteiger partial charge >= 0.3 is 0 Å². The number of hydrogen-bond donors (Lipinski definition) is 0. The first kappa shape index (κ1) is 28.9. The van der Waals surface area contributed by atoms with Crippen LogP contribution in [-0.2, 0) is 26.5 Å². The van der Waals surface area contributed by atoms with Gasteiger partial charge < -0.3 is 9.64 Å². The number of rotatable bonds is 8. The second kappa shape index (κ2) is 12.1. The summed E-state index contributed by atoms with van der Waals surface area (Å²) in [6.07, 6.45) is 2.60. The molecule has 0 aromatic heterocycles. The highest BCUT2D eigenvalue weighted by molar-refractivity contribution is 7.89. The summed E-state index contributed by atoms with van der Waals surface area (Å²) in [5.74, 6) is 1.01. The highest BCUT2D eigenvalue weighted by Gasteiger charge is 2.32. The van der Waals surface area contributed by atoms with Crippen molar-refractivity contribution >= 4 is 37.3 Å². The van der Waals surface area contributed by atoms with Crippen molar-refractivity contribution in [2.24, 2.45) is 5.92 Å². The van der Waals surface area contributed by atoms with Crippen molar-refractivity contribution in [3.63, 3.8) is 0 Å². The molecule has 0 saturated carbocycles. The molecule has 3 aromatic carbocycles. The van der Waals surface area contributed by atoms with Crippen molar-refractivity contribution in [1.82, 2.24) is 8.61 Å². The summed E-state index contributed by atoms with van der Waals surface area (Å²) in [5, 5.41) is 0.474. The Morgan fingerprint density at radius 1 is 0.750 bits per heavy atom. The minimum atomic E-state index is -3.68. The Labute approximate surface area is 242 Å². The first-order valence-corrected chi connectivity index (χ1v) is 16.7. The molecule has 0 N–H and O–H groups in total. The minimum Gasteiger partial charge on any atom is -0.495 e. The highest BCUT2D eigenvalue weighted by Crippen LogP contribution is 2.34. The molecule has 0 amide bonds. The van der Waals surface area contributed by atoms with Crippen molar-refractivity contribution in [2.45, 2.75) is 29.1 Å². The Morgan fingerprint density at radius 3 is 1.95 bits per heavy atom. The number of methoxy groups -OCH3 is 1. The fourth-order valence-corrected chi connectivity index (χ4v) is 8.49. The van der Waals surface area contributed by atoms with Gasteiger partial charge in [0.1, 0.15) is 5.75 Å². The SMILES string of the molecule is COc1ccc(S(=O)(=O)N2CCC(Cc3ccccc3)CC2)cc1N1CCN(S(=O)(=O)c2ccc(Cl)cc2)CC1. The van der Waals surface area contributed by atoms with Crippen LogP contribution in [0.2, 0.25) is 5.02 Å². The van der Waals surface area contributed by atoms with E-state index in [2.05, 4.69) is 12.1 Å². The number of ether oxygens (including phenoxy) is 1. The first-order valence-electron chi connectivity index (χ1n) is 13.4. The van der Waals surface area contributed by atoms with E-state index in [9.17, 15) is 16.8 Å². The van der Waals surface area contributed by atoms with Gasteiger partial charge in [-0.1, -0.05) is 41.9 Å². The van der Waals surface area contributed by atoms with Gasteiger partial charge in [-0.15, -0.1) is 0 Å². The van der Waals surface area contributed by atoms with Crippen molar-refractivity contribution in [1.29, 1.82) is 0 Å². The lowest BCUT2D eigenvalue weighted by Gasteiger charge is -2.36. The van der Waals surface area contributed by atoms with Crippen LogP contribution in [0, 0.1) is 5.92 Å². The Kier molecular flexibility index (Phi) is 8.72. The lowest BCUT2D eigenvalue weighted by molar-refractivity contribution is 0.273. The Balaban J connectivity index is 1.27. The van der Waals surface area contributed by atoms with Crippen molar-refractivity contribution in [3.8, 4) is 5.75 Å². The summed E-state index contributed by atoms with van der Waals surface area (Å²) in [5.41, 5.74) is 1.93. The van der Waals surface area contributed by atoms with Gasteiger partial charge in [-0.3, -0.25) is 0 Å². The monoisotopic (exact) mass is 603 g/mol. The van der Waals surface area contributed by atoms with Gasteiger partial charge in [-0.2, -0.15) is 8.61 Å². The zero-order valence-electron chi connectivity index (χ0n) is 22.4. The molecular formula is C29H34ClN3O5S2. The molecule has 2 heterocycles. The zero-order chi connectivity index (χ0) is 28.3. The van der Waals surface area contributed by atoms with Crippen LogP contribution in [0.25, 0.3) is 0 Å². The van der Waals surface area contributed by atoms with E-state index in [4.69, 9.17) is 16.3 Å². The molecular weight excluding hydrogens is 570 g/mol. The molecule has 0 radical (unpaired) electrons. The molecule has 0 bridgehead atoms. The summed E-state index contributed by atoms with van der Waals surface area (Å²) in [6, 6.07) is 21.4. The van der Waals surface area contributed by atoms with Crippen LogP contribution >= 0.6 is 11.6 Å². The van der Waals surface area contributed by atoms with E-state index < -0.39 is 20.0 Å². The zero-order valence-corrected chi connectivity index (χ0v) is 24.8. The predicted octanol–water partition coefficient (Wildman–Crippen LogP) is 4.50. The van der Waals surface area contributed by atoms with Gasteiger partial charge in [-0.05, 0) is 73.2 Å². The van der Waals surface area contributed by atoms with Gasteiger partial charge in [0.05, 0.1) is 22.6 Å². The number of piperidine rings is 1. The molecule has 11 heteroatoms. The second-order valence-corrected chi connectivity index (χ2v) is 14.5. The fraction of sp³-hybridized carbons (Fsp3) is 0.379. The molecule has 3 aromatic rings. The van der Waals surface area contributed by atoms with Crippen LogP contribution in [0.3, 0.4) is 0 Å². The third-order valence-corrected chi connectivity index (χ3v) is 11.8. The van der Waals surface area contributed by atoms with Crippen LogP contribution in [-0.4, -0.2) is 71.8 Å². The fourth-order valence-electron chi connectivity index (χ4n) is 5.45. The van der Waals surface area contributed by atoms with Gasteiger partial charge in [0.15, 0.2) is 0 Å². The summed E-state index contributed by atoms with van der Waals surface area (Å²) >= 11 is 5.92. The summed E-state index contributed by atoms with van der Waals surface area (Å²) < 4.78 is 62.0. The molecule has 5 rings (SSSR count). The third kappa shape index (κ3) is 6.16. The van der Waals surface area contributed by atoms with Gasteiger partial charge in [0.25, 0.3) is 0 Å². The number of nitrogens with zero attached hydrogens (tertiary/aromatic N) is 3. The average Bonchev–Trinajstić information content (AvgIpc) is 2.98. The van der Waals surface area contributed by atoms with Gasteiger partial charge in [0, 0.05) is 44.3 Å². The maximum atomic E-state index is 13.6. The van der Waals surface area contributed by atoms with E-state index in [1.54, 1.807) is 41.7 Å². The van der Waals surface area contributed by atoms with Crippen molar-refractivity contribution < 1.29 is 21.6 Å². The predicted molar refractivity (Wildman–Crippen MR) is 157 cm³/mol. The summed E-state index contributed by atoms with van der Waals surface area (Å²) in [6.45, 7) is 2.31. The molecule has 2 fully saturated rings. The molecule has 0 atom stereocenters. The average molecular weight is 604 g/mol. The van der Waals surface area contributed by atoms with Gasteiger partial charge in [-0.25, -0.2) is 16.8 Å². The second-order valence-electron chi connectivity index (χ2n) is 10.2. The van der Waals surface area contributed by atoms with Crippen molar-refractivity contribution in [3.05, 3.63) is 83.4 Å². The van der Waals surface area contributed by atoms with E-state index in [1.165, 1.54) is 22.0 Å². The maximum Gasteiger partial charge on any atom is 0.243 e. The number of piperazine rings is 1. The van der Waals surface area contributed by atoms with Crippen LogP contribution in [0.1, 0.15) is 18.4 Å². The lowest BCUT2D eigenvalue weighted by atomic mass is 9.91. The van der Waals surface area contributed by atoms with Gasteiger partial charge in [0.2, 0.25) is 20.0 Å². The number of benzene rings is 3. The summed E-state index contributed by atoms with van der Waals surface area (Å²) in [7, 11) is -5.79. The molecule has 0 spiro atoms.